The van der Waals surface area contributed by atoms with Crippen molar-refractivity contribution in [2.45, 2.75) is 31.0 Å². The van der Waals surface area contributed by atoms with E-state index in [9.17, 15) is 17.6 Å². The van der Waals surface area contributed by atoms with E-state index in [1.165, 1.54) is 24.1 Å². The standard InChI is InChI=1S/C24H24F5N7O2/c1-37-22-21-19(13-6-15(26)20-17(7-13)35(5-3-25)12-30-20)16(27)8-36(21)33-23(32-22)31-18-2-4-34(11-24(18,28)29)14-9-38-10-14/h6-8,12,14,18H,2-5,9-11H2,1H3,(H,31,33)/t18-/m1/s1. The van der Waals surface area contributed by atoms with Gasteiger partial charge in [0.2, 0.25) is 11.8 Å². The number of anilines is 1. The number of piperidine rings is 1. The molecule has 0 saturated carbocycles. The highest BCUT2D eigenvalue weighted by Gasteiger charge is 2.47. The minimum absolute atomic E-state index is 0.00421. The van der Waals surface area contributed by atoms with Gasteiger partial charge in [0.1, 0.15) is 17.7 Å². The molecule has 14 heteroatoms. The van der Waals surface area contributed by atoms with Gasteiger partial charge < -0.3 is 19.4 Å². The van der Waals surface area contributed by atoms with Crippen LogP contribution in [0.25, 0.3) is 27.7 Å². The lowest BCUT2D eigenvalue weighted by molar-refractivity contribution is -0.131. The van der Waals surface area contributed by atoms with Gasteiger partial charge in [0.05, 0.1) is 69.1 Å². The van der Waals surface area contributed by atoms with Crippen LogP contribution in [0.5, 0.6) is 5.88 Å². The number of hydrogen-bond donors (Lipinski definition) is 1. The maximum atomic E-state index is 15.3. The largest absolute Gasteiger partial charge is 0.479 e. The van der Waals surface area contributed by atoms with E-state index >= 15 is 4.39 Å². The molecule has 5 heterocycles. The monoisotopic (exact) mass is 537 g/mol. The fourth-order valence-electron chi connectivity index (χ4n) is 5.08. The lowest BCUT2D eigenvalue weighted by Crippen LogP contribution is -2.61. The highest BCUT2D eigenvalue weighted by molar-refractivity contribution is 5.90. The number of alkyl halides is 3. The molecule has 0 aliphatic carbocycles. The van der Waals surface area contributed by atoms with Crippen LogP contribution in [-0.2, 0) is 11.3 Å². The third kappa shape index (κ3) is 4.11. The van der Waals surface area contributed by atoms with Crippen LogP contribution in [0.3, 0.4) is 0 Å². The van der Waals surface area contributed by atoms with Crippen molar-refractivity contribution in [1.29, 1.82) is 0 Å². The van der Waals surface area contributed by atoms with Crippen molar-refractivity contribution < 1.29 is 31.4 Å². The number of benzene rings is 1. The van der Waals surface area contributed by atoms with Gasteiger partial charge in [-0.05, 0) is 24.1 Å². The Balaban J connectivity index is 1.36. The van der Waals surface area contributed by atoms with Crippen LogP contribution in [0, 0.1) is 11.6 Å². The molecule has 0 bridgehead atoms. The average molecular weight is 537 g/mol. The number of rotatable bonds is 7. The summed E-state index contributed by atoms with van der Waals surface area (Å²) in [6, 6.07) is 1.36. The Morgan fingerprint density at radius 2 is 2.03 bits per heavy atom. The Kier molecular flexibility index (Phi) is 6.10. The number of aryl methyl sites for hydroxylation is 1. The van der Waals surface area contributed by atoms with E-state index in [-0.39, 0.29) is 58.5 Å². The van der Waals surface area contributed by atoms with Crippen LogP contribution >= 0.6 is 0 Å². The molecule has 202 valence electrons. The third-order valence-electron chi connectivity index (χ3n) is 7.11. The molecule has 4 aromatic rings. The predicted molar refractivity (Wildman–Crippen MR) is 127 cm³/mol. The second-order valence-electron chi connectivity index (χ2n) is 9.45. The van der Waals surface area contributed by atoms with Crippen molar-refractivity contribution in [2.75, 3.05) is 45.4 Å². The zero-order valence-corrected chi connectivity index (χ0v) is 20.3. The van der Waals surface area contributed by atoms with Crippen molar-refractivity contribution in [3.63, 3.8) is 0 Å². The number of likely N-dealkylation sites (tertiary alicyclic amines) is 1. The number of methoxy groups -OCH3 is 1. The molecular weight excluding hydrogens is 513 g/mol. The van der Waals surface area contributed by atoms with Gasteiger partial charge in [-0.3, -0.25) is 4.90 Å². The first kappa shape index (κ1) is 24.8. The number of fused-ring (bicyclic) bond motifs is 2. The Hall–Kier alpha value is -3.52. The molecule has 9 nitrogen and oxygen atoms in total. The van der Waals surface area contributed by atoms with Crippen LogP contribution in [0.2, 0.25) is 0 Å². The molecule has 0 amide bonds. The highest BCUT2D eigenvalue weighted by atomic mass is 19.3. The van der Waals surface area contributed by atoms with E-state index < -0.39 is 36.8 Å². The topological polar surface area (TPSA) is 81.7 Å². The summed E-state index contributed by atoms with van der Waals surface area (Å²) in [5.41, 5.74) is 0.479. The molecule has 2 aliphatic rings. The summed E-state index contributed by atoms with van der Waals surface area (Å²) in [6.45, 7) is 0.190. The van der Waals surface area contributed by atoms with Gasteiger partial charge in [0.15, 0.2) is 11.6 Å². The van der Waals surface area contributed by atoms with Gasteiger partial charge in [-0.2, -0.15) is 4.98 Å². The predicted octanol–water partition coefficient (Wildman–Crippen LogP) is 3.52. The fraction of sp³-hybridized carbons (Fsp3) is 0.458. The molecule has 2 aliphatic heterocycles. The second-order valence-corrected chi connectivity index (χ2v) is 9.45. The zero-order valence-electron chi connectivity index (χ0n) is 20.3. The van der Waals surface area contributed by atoms with Gasteiger partial charge in [-0.15, -0.1) is 5.10 Å². The maximum absolute atomic E-state index is 15.3. The van der Waals surface area contributed by atoms with Gasteiger partial charge in [-0.1, -0.05) is 0 Å². The smallest absolute Gasteiger partial charge is 0.280 e. The van der Waals surface area contributed by atoms with E-state index in [0.29, 0.717) is 19.8 Å². The number of nitrogens with one attached hydrogen (secondary N) is 1. The highest BCUT2D eigenvalue weighted by Crippen LogP contribution is 2.37. The first-order valence-electron chi connectivity index (χ1n) is 12.1. The molecule has 1 atom stereocenters. The second kappa shape index (κ2) is 9.34. The van der Waals surface area contributed by atoms with E-state index in [4.69, 9.17) is 9.47 Å². The molecule has 0 spiro atoms. The fourth-order valence-corrected chi connectivity index (χ4v) is 5.08. The average Bonchev–Trinajstić information content (AvgIpc) is 3.39. The normalized spacial score (nSPS) is 20.2. The number of aromatic nitrogens is 5. The molecule has 0 radical (unpaired) electrons. The third-order valence-corrected chi connectivity index (χ3v) is 7.11. The SMILES string of the molecule is COc1nc(N[C@@H]2CCN(C3COC3)CC2(F)F)nn2cc(F)c(-c3cc(F)c4ncn(CCF)c4c3)c12. The molecule has 38 heavy (non-hydrogen) atoms. The Morgan fingerprint density at radius 1 is 1.21 bits per heavy atom. The minimum atomic E-state index is -3.07. The number of imidazole rings is 1. The summed E-state index contributed by atoms with van der Waals surface area (Å²) in [7, 11) is 1.30. The van der Waals surface area contributed by atoms with Gasteiger partial charge in [-0.25, -0.2) is 31.5 Å². The molecule has 6 rings (SSSR count). The van der Waals surface area contributed by atoms with Crippen molar-refractivity contribution in [3.05, 3.63) is 36.3 Å². The molecular formula is C24H24F5N7O2. The van der Waals surface area contributed by atoms with E-state index in [1.807, 2.05) is 0 Å². The van der Waals surface area contributed by atoms with Crippen molar-refractivity contribution >= 4 is 22.5 Å². The number of hydrogen-bond acceptors (Lipinski definition) is 7. The van der Waals surface area contributed by atoms with Gasteiger partial charge >= 0.3 is 0 Å². The summed E-state index contributed by atoms with van der Waals surface area (Å²) >= 11 is 0. The summed E-state index contributed by atoms with van der Waals surface area (Å²) in [6.07, 6.45) is 2.50. The van der Waals surface area contributed by atoms with E-state index in [1.54, 1.807) is 4.90 Å². The van der Waals surface area contributed by atoms with Crippen LogP contribution in [0.15, 0.2) is 24.7 Å². The van der Waals surface area contributed by atoms with Crippen LogP contribution in [-0.4, -0.2) is 87.1 Å². The lowest BCUT2D eigenvalue weighted by Gasteiger charge is -2.44. The molecule has 0 unspecified atom stereocenters. The molecule has 2 fully saturated rings. The summed E-state index contributed by atoms with van der Waals surface area (Å²) in [5, 5.41) is 6.89. The Morgan fingerprint density at radius 3 is 2.71 bits per heavy atom. The van der Waals surface area contributed by atoms with Crippen LogP contribution < -0.4 is 10.1 Å². The summed E-state index contributed by atoms with van der Waals surface area (Å²) in [4.78, 5) is 9.91. The molecule has 1 aromatic carbocycles. The van der Waals surface area contributed by atoms with E-state index in [0.717, 1.165) is 16.8 Å². The van der Waals surface area contributed by atoms with Crippen LogP contribution in [0.1, 0.15) is 6.42 Å². The Labute approximate surface area is 213 Å². The van der Waals surface area contributed by atoms with Crippen molar-refractivity contribution in [3.8, 4) is 17.0 Å². The molecule has 3 aromatic heterocycles. The number of nitrogens with zero attached hydrogens (tertiary/aromatic N) is 6. The Bertz CT molecular complexity index is 1500. The van der Waals surface area contributed by atoms with E-state index in [2.05, 4.69) is 20.4 Å². The number of halogens is 5. The zero-order chi connectivity index (χ0) is 26.6. The van der Waals surface area contributed by atoms with Crippen molar-refractivity contribution in [1.82, 2.24) is 29.0 Å². The number of ether oxygens (including phenoxy) is 2. The quantitative estimate of drug-likeness (QED) is 0.362. The molecule has 1 N–H and O–H groups in total. The van der Waals surface area contributed by atoms with Crippen LogP contribution in [0.4, 0.5) is 27.9 Å². The van der Waals surface area contributed by atoms with Gasteiger partial charge in [0, 0.05) is 6.54 Å². The summed E-state index contributed by atoms with van der Waals surface area (Å²) in [5.74, 6) is -4.79. The summed E-state index contributed by atoms with van der Waals surface area (Å²) < 4.78 is 86.1. The maximum Gasteiger partial charge on any atom is 0.280 e. The molecule has 2 saturated heterocycles. The van der Waals surface area contributed by atoms with Crippen molar-refractivity contribution in [2.24, 2.45) is 0 Å². The first-order valence-corrected chi connectivity index (χ1v) is 12.1. The lowest BCUT2D eigenvalue weighted by atomic mass is 9.98. The van der Waals surface area contributed by atoms with Gasteiger partial charge in [0.25, 0.3) is 5.92 Å². The minimum Gasteiger partial charge on any atom is -0.479 e. The first-order chi connectivity index (χ1) is 18.3.